The van der Waals surface area contributed by atoms with Gasteiger partial charge < -0.3 is 5.32 Å². The summed E-state index contributed by atoms with van der Waals surface area (Å²) in [6, 6.07) is 7.40. The minimum atomic E-state index is -0.0580. The molecule has 2 nitrogen and oxygen atoms in total. The first-order chi connectivity index (χ1) is 6.22. The fraction of sp³-hybridized carbons (Fsp3) is 0.222. The second-order valence-electron chi connectivity index (χ2n) is 2.49. The van der Waals surface area contributed by atoms with E-state index in [0.29, 0.717) is 12.3 Å². The van der Waals surface area contributed by atoms with E-state index in [1.165, 1.54) is 0 Å². The first kappa shape index (κ1) is 10.5. The molecule has 70 valence electrons. The molecule has 0 aromatic heterocycles. The highest BCUT2D eigenvalue weighted by Crippen LogP contribution is 2.14. The number of carbonyl (C=O) groups is 1. The van der Waals surface area contributed by atoms with E-state index < -0.39 is 0 Å². The lowest BCUT2D eigenvalue weighted by Crippen LogP contribution is -2.11. The van der Waals surface area contributed by atoms with Gasteiger partial charge in [-0.05, 0) is 24.3 Å². The largest absolute Gasteiger partial charge is 0.326 e. The lowest BCUT2D eigenvalue weighted by molar-refractivity contribution is -0.115. The second-order valence-corrected chi connectivity index (χ2v) is 3.79. The van der Waals surface area contributed by atoms with E-state index in [2.05, 4.69) is 21.2 Å². The van der Waals surface area contributed by atoms with Crippen molar-refractivity contribution in [3.63, 3.8) is 0 Å². The smallest absolute Gasteiger partial charge is 0.225 e. The molecule has 0 bridgehead atoms. The Bertz CT molecular complexity index is 286. The summed E-state index contributed by atoms with van der Waals surface area (Å²) in [5, 5.41) is 2.73. The Morgan fingerprint density at radius 1 is 1.38 bits per heavy atom. The summed E-state index contributed by atoms with van der Waals surface area (Å²) in [4.78, 5) is 11.1. The molecule has 0 aliphatic carbocycles. The van der Waals surface area contributed by atoms with Gasteiger partial charge in [0.1, 0.15) is 0 Å². The standard InChI is InChI=1S/C9H9BrClNO/c10-7-1-3-8(4-2-7)12-9(13)5-6-11/h1-4H,5-6H2,(H,12,13). The number of halogens is 2. The third-order valence-corrected chi connectivity index (χ3v) is 2.17. The minimum absolute atomic E-state index is 0.0580. The molecule has 0 atom stereocenters. The third kappa shape index (κ3) is 3.79. The number of amides is 1. The van der Waals surface area contributed by atoms with Gasteiger partial charge >= 0.3 is 0 Å². The van der Waals surface area contributed by atoms with Crippen LogP contribution < -0.4 is 5.32 Å². The average molecular weight is 263 g/mol. The van der Waals surface area contributed by atoms with Gasteiger partial charge in [0.2, 0.25) is 5.91 Å². The third-order valence-electron chi connectivity index (χ3n) is 1.45. The van der Waals surface area contributed by atoms with Crippen molar-refractivity contribution in [1.29, 1.82) is 0 Å². The Morgan fingerprint density at radius 3 is 2.54 bits per heavy atom. The first-order valence-electron chi connectivity index (χ1n) is 3.84. The van der Waals surface area contributed by atoms with Crippen LogP contribution in [0.3, 0.4) is 0 Å². The van der Waals surface area contributed by atoms with Crippen LogP contribution in [0.4, 0.5) is 5.69 Å². The normalized spacial score (nSPS) is 9.69. The molecule has 0 unspecified atom stereocenters. The number of alkyl halides is 1. The number of rotatable bonds is 3. The van der Waals surface area contributed by atoms with E-state index in [0.717, 1.165) is 10.2 Å². The van der Waals surface area contributed by atoms with Gasteiger partial charge in [0.05, 0.1) is 0 Å². The number of carbonyl (C=O) groups excluding carboxylic acids is 1. The number of anilines is 1. The molecule has 0 saturated heterocycles. The molecule has 1 aromatic carbocycles. The highest BCUT2D eigenvalue weighted by Gasteiger charge is 1.99. The van der Waals surface area contributed by atoms with Crippen molar-refractivity contribution in [3.8, 4) is 0 Å². The molecule has 0 saturated carbocycles. The van der Waals surface area contributed by atoms with Crippen LogP contribution in [0.15, 0.2) is 28.7 Å². The number of benzene rings is 1. The SMILES string of the molecule is O=C(CCCl)Nc1ccc(Br)cc1. The van der Waals surface area contributed by atoms with Crippen LogP contribution in [0.5, 0.6) is 0 Å². The van der Waals surface area contributed by atoms with Gasteiger partial charge in [-0.1, -0.05) is 15.9 Å². The fourth-order valence-corrected chi connectivity index (χ4v) is 1.28. The highest BCUT2D eigenvalue weighted by atomic mass is 79.9. The maximum atomic E-state index is 11.1. The maximum Gasteiger partial charge on any atom is 0.225 e. The topological polar surface area (TPSA) is 29.1 Å². The average Bonchev–Trinajstić information content (AvgIpc) is 2.09. The molecular formula is C9H9BrClNO. The number of nitrogens with one attached hydrogen (secondary N) is 1. The molecule has 0 aliphatic heterocycles. The van der Waals surface area contributed by atoms with E-state index in [1.807, 2.05) is 24.3 Å². The lowest BCUT2D eigenvalue weighted by Gasteiger charge is -2.02. The van der Waals surface area contributed by atoms with E-state index in [-0.39, 0.29) is 5.91 Å². The minimum Gasteiger partial charge on any atom is -0.326 e. The van der Waals surface area contributed by atoms with E-state index in [4.69, 9.17) is 11.6 Å². The molecule has 4 heteroatoms. The molecule has 0 radical (unpaired) electrons. The van der Waals surface area contributed by atoms with Crippen molar-refractivity contribution in [3.05, 3.63) is 28.7 Å². The van der Waals surface area contributed by atoms with Crippen molar-refractivity contribution in [2.24, 2.45) is 0 Å². The van der Waals surface area contributed by atoms with Gasteiger partial charge in [-0.25, -0.2) is 0 Å². The molecule has 1 amide bonds. The predicted octanol–water partition coefficient (Wildman–Crippen LogP) is 3.02. The Hall–Kier alpha value is -0.540. The van der Waals surface area contributed by atoms with Crippen molar-refractivity contribution in [2.45, 2.75) is 6.42 Å². The zero-order valence-electron chi connectivity index (χ0n) is 6.89. The van der Waals surface area contributed by atoms with Crippen LogP contribution in [-0.2, 0) is 4.79 Å². The van der Waals surface area contributed by atoms with Gasteiger partial charge in [-0.3, -0.25) is 4.79 Å². The number of hydrogen-bond acceptors (Lipinski definition) is 1. The highest BCUT2D eigenvalue weighted by molar-refractivity contribution is 9.10. The Morgan fingerprint density at radius 2 is 2.00 bits per heavy atom. The van der Waals surface area contributed by atoms with Crippen LogP contribution >= 0.6 is 27.5 Å². The molecule has 1 N–H and O–H groups in total. The van der Waals surface area contributed by atoms with E-state index in [9.17, 15) is 4.79 Å². The summed E-state index contributed by atoms with van der Waals surface area (Å²) in [7, 11) is 0. The Labute approximate surface area is 90.4 Å². The van der Waals surface area contributed by atoms with Gasteiger partial charge in [0.15, 0.2) is 0 Å². The summed E-state index contributed by atoms with van der Waals surface area (Å²) in [6.45, 7) is 0. The van der Waals surface area contributed by atoms with Crippen LogP contribution in [0.25, 0.3) is 0 Å². The van der Waals surface area contributed by atoms with Gasteiger partial charge in [0.25, 0.3) is 0 Å². The second kappa shape index (κ2) is 5.25. The van der Waals surface area contributed by atoms with Gasteiger partial charge in [0, 0.05) is 22.5 Å². The van der Waals surface area contributed by atoms with Crippen LogP contribution in [0.1, 0.15) is 6.42 Å². The van der Waals surface area contributed by atoms with Crippen LogP contribution in [-0.4, -0.2) is 11.8 Å². The maximum absolute atomic E-state index is 11.1. The zero-order valence-corrected chi connectivity index (χ0v) is 9.23. The fourth-order valence-electron chi connectivity index (χ4n) is 0.843. The van der Waals surface area contributed by atoms with Crippen LogP contribution in [0, 0.1) is 0 Å². The summed E-state index contributed by atoms with van der Waals surface area (Å²) in [6.07, 6.45) is 0.345. The van der Waals surface area contributed by atoms with Gasteiger partial charge in [-0.2, -0.15) is 0 Å². The molecular weight excluding hydrogens is 253 g/mol. The molecule has 0 spiro atoms. The predicted molar refractivity (Wildman–Crippen MR) is 58.1 cm³/mol. The summed E-state index contributed by atoms with van der Waals surface area (Å²) in [5.74, 6) is 0.292. The molecule has 1 rings (SSSR count). The molecule has 0 heterocycles. The molecule has 1 aromatic rings. The van der Waals surface area contributed by atoms with E-state index >= 15 is 0 Å². The van der Waals surface area contributed by atoms with Crippen molar-refractivity contribution >= 4 is 39.1 Å². The van der Waals surface area contributed by atoms with Crippen molar-refractivity contribution in [2.75, 3.05) is 11.2 Å². The summed E-state index contributed by atoms with van der Waals surface area (Å²) < 4.78 is 0.989. The summed E-state index contributed by atoms with van der Waals surface area (Å²) in [5.41, 5.74) is 0.790. The monoisotopic (exact) mass is 261 g/mol. The lowest BCUT2D eigenvalue weighted by atomic mass is 10.3. The van der Waals surface area contributed by atoms with Crippen molar-refractivity contribution < 1.29 is 4.79 Å². The zero-order chi connectivity index (χ0) is 9.68. The quantitative estimate of drug-likeness (QED) is 0.834. The van der Waals surface area contributed by atoms with Crippen LogP contribution in [0.2, 0.25) is 0 Å². The summed E-state index contributed by atoms with van der Waals surface area (Å²) >= 11 is 8.73. The van der Waals surface area contributed by atoms with E-state index in [1.54, 1.807) is 0 Å². The van der Waals surface area contributed by atoms with Crippen molar-refractivity contribution in [1.82, 2.24) is 0 Å². The molecule has 0 aliphatic rings. The Balaban J connectivity index is 2.54. The molecule has 13 heavy (non-hydrogen) atoms. The first-order valence-corrected chi connectivity index (χ1v) is 5.16. The molecule has 0 fully saturated rings. The van der Waals surface area contributed by atoms with Gasteiger partial charge in [-0.15, -0.1) is 11.6 Å². The Kier molecular flexibility index (Phi) is 4.25. The number of hydrogen-bond donors (Lipinski definition) is 1.